The fourth-order valence-electron chi connectivity index (χ4n) is 4.08. The molecule has 0 unspecified atom stereocenters. The zero-order valence-corrected chi connectivity index (χ0v) is 16.5. The van der Waals surface area contributed by atoms with E-state index in [0.29, 0.717) is 6.04 Å². The van der Waals surface area contributed by atoms with E-state index in [9.17, 15) is 5.11 Å². The third kappa shape index (κ3) is 4.54. The van der Waals surface area contributed by atoms with E-state index in [4.69, 9.17) is 5.10 Å². The summed E-state index contributed by atoms with van der Waals surface area (Å²) in [5.74, 6) is 0.742. The summed E-state index contributed by atoms with van der Waals surface area (Å²) >= 11 is 0. The monoisotopic (exact) mass is 355 g/mol. The van der Waals surface area contributed by atoms with Gasteiger partial charge in [-0.15, -0.1) is 0 Å². The lowest BCUT2D eigenvalue weighted by atomic mass is 9.84. The molecule has 142 valence electrons. The lowest BCUT2D eigenvalue weighted by Gasteiger charge is -2.24. The van der Waals surface area contributed by atoms with E-state index < -0.39 is 0 Å². The van der Waals surface area contributed by atoms with E-state index in [1.165, 1.54) is 48.8 Å². The number of aryl methyl sites for hydroxylation is 1. The molecule has 1 heterocycles. The van der Waals surface area contributed by atoms with Gasteiger partial charge in [-0.2, -0.15) is 5.10 Å². The van der Waals surface area contributed by atoms with Crippen molar-refractivity contribution in [3.05, 3.63) is 41.6 Å². The van der Waals surface area contributed by atoms with Crippen LogP contribution in [0.2, 0.25) is 0 Å². The molecule has 1 aromatic heterocycles. The number of nitrogens with zero attached hydrogens (tertiary/aromatic N) is 3. The van der Waals surface area contributed by atoms with Crippen molar-refractivity contribution in [3.63, 3.8) is 0 Å². The second kappa shape index (κ2) is 8.83. The molecule has 2 aromatic rings. The average Bonchev–Trinajstić information content (AvgIpc) is 3.03. The number of rotatable bonds is 7. The molecule has 4 heteroatoms. The Morgan fingerprint density at radius 1 is 1.19 bits per heavy atom. The van der Waals surface area contributed by atoms with Gasteiger partial charge in [0.2, 0.25) is 0 Å². The van der Waals surface area contributed by atoms with Crippen LogP contribution in [0.1, 0.15) is 62.5 Å². The molecule has 26 heavy (non-hydrogen) atoms. The summed E-state index contributed by atoms with van der Waals surface area (Å²) in [6.45, 7) is 3.23. The van der Waals surface area contributed by atoms with E-state index >= 15 is 0 Å². The molecule has 1 fully saturated rings. The van der Waals surface area contributed by atoms with Crippen molar-refractivity contribution in [3.8, 4) is 11.3 Å². The molecule has 0 bridgehead atoms. The number of benzene rings is 1. The average molecular weight is 356 g/mol. The highest BCUT2D eigenvalue weighted by Crippen LogP contribution is 2.34. The van der Waals surface area contributed by atoms with Gasteiger partial charge in [0.05, 0.1) is 5.69 Å². The van der Waals surface area contributed by atoms with Crippen LogP contribution in [0.3, 0.4) is 0 Å². The van der Waals surface area contributed by atoms with Crippen LogP contribution in [0.25, 0.3) is 11.3 Å². The molecule has 1 atom stereocenters. The minimum atomic E-state index is 0.230. The van der Waals surface area contributed by atoms with Crippen LogP contribution in [-0.4, -0.2) is 39.5 Å². The minimum absolute atomic E-state index is 0.230. The van der Waals surface area contributed by atoms with E-state index in [2.05, 4.69) is 49.3 Å². The fraction of sp³-hybridized carbons (Fsp3) is 0.591. The van der Waals surface area contributed by atoms with E-state index in [-0.39, 0.29) is 6.61 Å². The highest BCUT2D eigenvalue weighted by Gasteiger charge is 2.18. The van der Waals surface area contributed by atoms with Gasteiger partial charge in [0.15, 0.2) is 0 Å². The Bertz CT molecular complexity index is 686. The summed E-state index contributed by atoms with van der Waals surface area (Å²) in [6, 6.07) is 9.45. The highest BCUT2D eigenvalue weighted by molar-refractivity contribution is 5.63. The lowest BCUT2D eigenvalue weighted by molar-refractivity contribution is 0.191. The van der Waals surface area contributed by atoms with Gasteiger partial charge in [-0.1, -0.05) is 43.5 Å². The second-order valence-electron chi connectivity index (χ2n) is 7.91. The van der Waals surface area contributed by atoms with Gasteiger partial charge in [0.1, 0.15) is 0 Å². The SMILES string of the molecule is C[C@@H](CCO)N(C)Cc1cn(C)nc1-c1ccc(C2CCCCC2)cc1. The lowest BCUT2D eigenvalue weighted by Crippen LogP contribution is -2.29. The molecule has 1 aliphatic carbocycles. The molecule has 1 aliphatic rings. The van der Waals surface area contributed by atoms with Crippen LogP contribution >= 0.6 is 0 Å². The zero-order valence-electron chi connectivity index (χ0n) is 16.5. The number of aromatic nitrogens is 2. The van der Waals surface area contributed by atoms with Gasteiger partial charge >= 0.3 is 0 Å². The predicted octanol–water partition coefficient (Wildman–Crippen LogP) is 4.34. The van der Waals surface area contributed by atoms with Crippen LogP contribution in [0.5, 0.6) is 0 Å². The van der Waals surface area contributed by atoms with Crippen LogP contribution < -0.4 is 0 Å². The second-order valence-corrected chi connectivity index (χ2v) is 7.91. The maximum Gasteiger partial charge on any atom is 0.0968 e. The Hall–Kier alpha value is -1.65. The molecule has 0 spiro atoms. The molecule has 0 radical (unpaired) electrons. The minimum Gasteiger partial charge on any atom is -0.396 e. The highest BCUT2D eigenvalue weighted by atomic mass is 16.3. The predicted molar refractivity (Wildman–Crippen MR) is 107 cm³/mol. The van der Waals surface area contributed by atoms with Gasteiger partial charge in [-0.3, -0.25) is 9.58 Å². The maximum absolute atomic E-state index is 9.18. The standard InChI is InChI=1S/C22H33N3O/c1-17(13-14-26)24(2)15-21-16-25(3)23-22(21)20-11-9-19(10-12-20)18-7-5-4-6-8-18/h9-12,16-18,26H,4-8,13-15H2,1-3H3/t17-/m0/s1. The van der Waals surface area contributed by atoms with E-state index in [1.54, 1.807) is 0 Å². The summed E-state index contributed by atoms with van der Waals surface area (Å²) in [4.78, 5) is 2.28. The Morgan fingerprint density at radius 3 is 2.54 bits per heavy atom. The first-order chi connectivity index (χ1) is 12.6. The molecule has 0 amide bonds. The van der Waals surface area contributed by atoms with Crippen LogP contribution in [-0.2, 0) is 13.6 Å². The van der Waals surface area contributed by atoms with Gasteiger partial charge in [0.25, 0.3) is 0 Å². The van der Waals surface area contributed by atoms with Crippen molar-refractivity contribution < 1.29 is 5.11 Å². The Morgan fingerprint density at radius 2 is 1.88 bits per heavy atom. The summed E-state index contributed by atoms with van der Waals surface area (Å²) in [6.07, 6.45) is 9.72. The molecule has 1 aromatic carbocycles. The summed E-state index contributed by atoms with van der Waals surface area (Å²) in [7, 11) is 4.10. The summed E-state index contributed by atoms with van der Waals surface area (Å²) in [5.41, 5.74) is 5.00. The van der Waals surface area contributed by atoms with Crippen molar-refractivity contribution in [2.75, 3.05) is 13.7 Å². The van der Waals surface area contributed by atoms with Crippen LogP contribution in [0, 0.1) is 0 Å². The van der Waals surface area contributed by atoms with Crippen LogP contribution in [0.4, 0.5) is 0 Å². The molecule has 3 rings (SSSR count). The molecular formula is C22H33N3O. The molecule has 1 N–H and O–H groups in total. The van der Waals surface area contributed by atoms with Crippen molar-refractivity contribution in [1.82, 2.24) is 14.7 Å². The largest absolute Gasteiger partial charge is 0.396 e. The number of hydrogen-bond donors (Lipinski definition) is 1. The maximum atomic E-state index is 9.18. The first kappa shape index (κ1) is 19.1. The summed E-state index contributed by atoms with van der Waals surface area (Å²) in [5, 5.41) is 13.9. The Balaban J connectivity index is 1.76. The topological polar surface area (TPSA) is 41.3 Å². The van der Waals surface area contributed by atoms with Gasteiger partial charge < -0.3 is 5.11 Å². The van der Waals surface area contributed by atoms with E-state index in [1.807, 2.05) is 11.7 Å². The molecule has 0 saturated heterocycles. The smallest absolute Gasteiger partial charge is 0.0968 e. The van der Waals surface area contributed by atoms with Gasteiger partial charge in [0, 0.05) is 43.6 Å². The number of aliphatic hydroxyl groups excluding tert-OH is 1. The normalized spacial score (nSPS) is 17.0. The van der Waals surface area contributed by atoms with Crippen LogP contribution in [0.15, 0.2) is 30.5 Å². The number of aliphatic hydroxyl groups is 1. The fourth-order valence-corrected chi connectivity index (χ4v) is 4.08. The summed E-state index contributed by atoms with van der Waals surface area (Å²) < 4.78 is 1.91. The van der Waals surface area contributed by atoms with Gasteiger partial charge in [-0.25, -0.2) is 0 Å². The van der Waals surface area contributed by atoms with Crippen molar-refractivity contribution in [2.45, 2.75) is 64.0 Å². The first-order valence-corrected chi connectivity index (χ1v) is 10.0. The molecule has 4 nitrogen and oxygen atoms in total. The Labute approximate surface area is 157 Å². The number of hydrogen-bond acceptors (Lipinski definition) is 3. The molecule has 1 saturated carbocycles. The molecule has 0 aliphatic heterocycles. The van der Waals surface area contributed by atoms with Crippen molar-refractivity contribution >= 4 is 0 Å². The van der Waals surface area contributed by atoms with Gasteiger partial charge in [-0.05, 0) is 44.7 Å². The quantitative estimate of drug-likeness (QED) is 0.803. The molecular weight excluding hydrogens is 322 g/mol. The Kier molecular flexibility index (Phi) is 6.49. The third-order valence-corrected chi connectivity index (χ3v) is 5.88. The zero-order chi connectivity index (χ0) is 18.5. The van der Waals surface area contributed by atoms with E-state index in [0.717, 1.165) is 24.6 Å². The van der Waals surface area contributed by atoms with Crippen molar-refractivity contribution in [1.29, 1.82) is 0 Å². The third-order valence-electron chi connectivity index (χ3n) is 5.88. The first-order valence-electron chi connectivity index (χ1n) is 10.0. The van der Waals surface area contributed by atoms with Crippen molar-refractivity contribution in [2.24, 2.45) is 7.05 Å².